The van der Waals surface area contributed by atoms with E-state index >= 15 is 0 Å². The van der Waals surface area contributed by atoms with Gasteiger partial charge in [-0.05, 0) is 31.4 Å². The number of anilines is 1. The first-order valence-corrected chi connectivity index (χ1v) is 6.93. The average Bonchev–Trinajstić information content (AvgIpc) is 2.82. The van der Waals surface area contributed by atoms with Gasteiger partial charge in [0.2, 0.25) is 5.91 Å². The quantitative estimate of drug-likeness (QED) is 0.824. The van der Waals surface area contributed by atoms with Gasteiger partial charge in [0.15, 0.2) is 0 Å². The zero-order valence-electron chi connectivity index (χ0n) is 11.6. The summed E-state index contributed by atoms with van der Waals surface area (Å²) in [4.78, 5) is 24.5. The molecule has 0 fully saturated rings. The Balaban J connectivity index is 1.75. The fourth-order valence-corrected chi connectivity index (χ4v) is 2.44. The number of fused-ring (bicyclic) bond motifs is 1. The Kier molecular flexibility index (Phi) is 4.61. The summed E-state index contributed by atoms with van der Waals surface area (Å²) in [7, 11) is 0. The number of carbonyl (C=O) groups excluding carboxylic acids is 1. The minimum Gasteiger partial charge on any atom is -0.480 e. The summed E-state index contributed by atoms with van der Waals surface area (Å²) in [5.74, 6) is -1.21. The van der Waals surface area contributed by atoms with Crippen molar-refractivity contribution in [2.45, 2.75) is 32.2 Å². The largest absolute Gasteiger partial charge is 0.480 e. The van der Waals surface area contributed by atoms with Gasteiger partial charge in [-0.3, -0.25) is 9.59 Å². The molecule has 5 heteroatoms. The lowest BCUT2D eigenvalue weighted by molar-refractivity contribution is -0.141. The molecule has 1 atom stereocenters. The summed E-state index contributed by atoms with van der Waals surface area (Å²) in [5.41, 5.74) is 2.61. The number of benzene rings is 1. The molecule has 1 aliphatic rings. The van der Waals surface area contributed by atoms with Crippen molar-refractivity contribution in [1.29, 1.82) is 0 Å². The summed E-state index contributed by atoms with van der Waals surface area (Å²) >= 11 is 0. The zero-order chi connectivity index (χ0) is 14.5. The summed E-state index contributed by atoms with van der Waals surface area (Å²) in [6, 6.07) is 7.49. The van der Waals surface area contributed by atoms with Crippen molar-refractivity contribution in [3.63, 3.8) is 0 Å². The highest BCUT2D eigenvalue weighted by Crippen LogP contribution is 2.27. The summed E-state index contributed by atoms with van der Waals surface area (Å²) in [6.07, 6.45) is 2.14. The topological polar surface area (TPSA) is 69.6 Å². The number of carboxylic acids is 1. The molecule has 1 amide bonds. The number of carbonyl (C=O) groups is 2. The van der Waals surface area contributed by atoms with Gasteiger partial charge in [-0.25, -0.2) is 0 Å². The number of aliphatic carboxylic acids is 1. The lowest BCUT2D eigenvalue weighted by atomic mass is 10.2. The molecule has 2 rings (SSSR count). The molecule has 0 aromatic heterocycles. The van der Waals surface area contributed by atoms with Crippen LogP contribution in [0.4, 0.5) is 5.69 Å². The second kappa shape index (κ2) is 6.41. The molecule has 1 aromatic rings. The van der Waals surface area contributed by atoms with Gasteiger partial charge in [-0.1, -0.05) is 18.2 Å². The third kappa shape index (κ3) is 3.50. The fraction of sp³-hybridized carbons (Fsp3) is 0.467. The van der Waals surface area contributed by atoms with E-state index in [4.69, 9.17) is 5.11 Å². The number of hydrogen-bond donors (Lipinski definition) is 2. The summed E-state index contributed by atoms with van der Waals surface area (Å²) in [6.45, 7) is 3.29. The summed E-state index contributed by atoms with van der Waals surface area (Å²) in [5, 5.41) is 11.2. The molecule has 1 unspecified atom stereocenters. The van der Waals surface area contributed by atoms with Crippen molar-refractivity contribution in [3.8, 4) is 0 Å². The smallest absolute Gasteiger partial charge is 0.325 e. The van der Waals surface area contributed by atoms with Crippen molar-refractivity contribution in [1.82, 2.24) is 5.32 Å². The number of amides is 1. The molecular formula is C15H20N2O3. The predicted molar refractivity (Wildman–Crippen MR) is 76.8 cm³/mol. The number of rotatable bonds is 6. The minimum absolute atomic E-state index is 0.201. The highest BCUT2D eigenvalue weighted by Gasteiger charge is 2.18. The van der Waals surface area contributed by atoms with E-state index in [1.54, 1.807) is 0 Å². The Morgan fingerprint density at radius 2 is 2.15 bits per heavy atom. The van der Waals surface area contributed by atoms with E-state index in [0.717, 1.165) is 25.9 Å². The maximum atomic E-state index is 11.6. The van der Waals surface area contributed by atoms with Crippen molar-refractivity contribution in [2.75, 3.05) is 18.0 Å². The number of nitrogens with one attached hydrogen (secondary N) is 1. The number of hydrogen-bond acceptors (Lipinski definition) is 3. The van der Waals surface area contributed by atoms with Crippen LogP contribution < -0.4 is 10.2 Å². The van der Waals surface area contributed by atoms with Gasteiger partial charge in [0.05, 0.1) is 0 Å². The number of carboxylic acid groups (broad SMARTS) is 1. The first-order valence-electron chi connectivity index (χ1n) is 6.93. The molecule has 1 heterocycles. The number of nitrogens with zero attached hydrogens (tertiary/aromatic N) is 1. The Morgan fingerprint density at radius 3 is 2.90 bits per heavy atom. The van der Waals surface area contributed by atoms with E-state index in [1.165, 1.54) is 18.2 Å². The Morgan fingerprint density at radius 1 is 1.40 bits per heavy atom. The van der Waals surface area contributed by atoms with Gasteiger partial charge in [0, 0.05) is 25.2 Å². The molecule has 1 aromatic carbocycles. The molecule has 0 saturated carbocycles. The van der Waals surface area contributed by atoms with Gasteiger partial charge >= 0.3 is 5.97 Å². The predicted octanol–water partition coefficient (Wildman–Crippen LogP) is 1.42. The van der Waals surface area contributed by atoms with Crippen LogP contribution in [0.25, 0.3) is 0 Å². The first-order chi connectivity index (χ1) is 9.58. The second-order valence-corrected chi connectivity index (χ2v) is 5.10. The molecule has 5 nitrogen and oxygen atoms in total. The van der Waals surface area contributed by atoms with E-state index in [1.807, 2.05) is 12.1 Å². The van der Waals surface area contributed by atoms with Crippen LogP contribution in [0.5, 0.6) is 0 Å². The molecule has 0 spiro atoms. The highest BCUT2D eigenvalue weighted by atomic mass is 16.4. The van der Waals surface area contributed by atoms with Gasteiger partial charge in [-0.15, -0.1) is 0 Å². The van der Waals surface area contributed by atoms with Crippen LogP contribution in [0.15, 0.2) is 24.3 Å². The van der Waals surface area contributed by atoms with E-state index in [2.05, 4.69) is 22.3 Å². The first kappa shape index (κ1) is 14.4. The maximum absolute atomic E-state index is 11.6. The zero-order valence-corrected chi connectivity index (χ0v) is 11.6. The maximum Gasteiger partial charge on any atom is 0.325 e. The van der Waals surface area contributed by atoms with Crippen LogP contribution in [-0.2, 0) is 16.0 Å². The van der Waals surface area contributed by atoms with Crippen LogP contribution in [0.2, 0.25) is 0 Å². The molecule has 2 N–H and O–H groups in total. The van der Waals surface area contributed by atoms with Crippen molar-refractivity contribution in [2.24, 2.45) is 0 Å². The molecule has 0 bridgehead atoms. The van der Waals surface area contributed by atoms with Crippen molar-refractivity contribution >= 4 is 17.6 Å². The van der Waals surface area contributed by atoms with E-state index in [9.17, 15) is 9.59 Å². The molecule has 0 radical (unpaired) electrons. The Hall–Kier alpha value is -2.04. The third-order valence-corrected chi connectivity index (χ3v) is 3.56. The SMILES string of the molecule is CC(NC(=O)CCCN1CCc2ccccc21)C(=O)O. The van der Waals surface area contributed by atoms with E-state index in [-0.39, 0.29) is 5.91 Å². The molecule has 0 saturated heterocycles. The normalized spacial score (nSPS) is 14.8. The molecular weight excluding hydrogens is 256 g/mol. The van der Waals surface area contributed by atoms with E-state index < -0.39 is 12.0 Å². The van der Waals surface area contributed by atoms with Gasteiger partial charge < -0.3 is 15.3 Å². The lowest BCUT2D eigenvalue weighted by Gasteiger charge is -2.19. The van der Waals surface area contributed by atoms with Crippen LogP contribution >= 0.6 is 0 Å². The monoisotopic (exact) mass is 276 g/mol. The fourth-order valence-electron chi connectivity index (χ4n) is 2.44. The summed E-state index contributed by atoms with van der Waals surface area (Å²) < 4.78 is 0. The molecule has 1 aliphatic heterocycles. The molecule has 108 valence electrons. The van der Waals surface area contributed by atoms with Crippen LogP contribution in [0.3, 0.4) is 0 Å². The third-order valence-electron chi connectivity index (χ3n) is 3.56. The Labute approximate surface area is 118 Å². The second-order valence-electron chi connectivity index (χ2n) is 5.10. The number of para-hydroxylation sites is 1. The van der Waals surface area contributed by atoms with E-state index in [0.29, 0.717) is 6.42 Å². The van der Waals surface area contributed by atoms with Gasteiger partial charge in [0.1, 0.15) is 6.04 Å². The van der Waals surface area contributed by atoms with Crippen LogP contribution in [0.1, 0.15) is 25.3 Å². The van der Waals surface area contributed by atoms with Crippen molar-refractivity contribution in [3.05, 3.63) is 29.8 Å². The van der Waals surface area contributed by atoms with Gasteiger partial charge in [-0.2, -0.15) is 0 Å². The average molecular weight is 276 g/mol. The highest BCUT2D eigenvalue weighted by molar-refractivity contribution is 5.83. The molecule has 20 heavy (non-hydrogen) atoms. The van der Waals surface area contributed by atoms with Crippen LogP contribution in [0, 0.1) is 0 Å². The minimum atomic E-state index is -1.01. The standard InChI is InChI=1S/C15H20N2O3/c1-11(15(19)20)16-14(18)7-4-9-17-10-8-12-5-2-3-6-13(12)17/h2-3,5-6,11H,4,7-10H2,1H3,(H,16,18)(H,19,20). The van der Waals surface area contributed by atoms with Crippen molar-refractivity contribution < 1.29 is 14.7 Å². The van der Waals surface area contributed by atoms with Gasteiger partial charge in [0.25, 0.3) is 0 Å². The molecule has 0 aliphatic carbocycles. The Bertz CT molecular complexity index is 502. The lowest BCUT2D eigenvalue weighted by Crippen LogP contribution is -2.38. The van der Waals surface area contributed by atoms with Crippen LogP contribution in [-0.4, -0.2) is 36.1 Å².